The lowest BCUT2D eigenvalue weighted by atomic mass is 9.96. The molecule has 0 atom stereocenters. The molecular formula is C24H27N3O4S. The highest BCUT2D eigenvalue weighted by Gasteiger charge is 2.31. The van der Waals surface area contributed by atoms with Crippen LogP contribution in [0.5, 0.6) is 11.5 Å². The van der Waals surface area contributed by atoms with Gasteiger partial charge in [0.15, 0.2) is 11.5 Å². The van der Waals surface area contributed by atoms with Crippen molar-refractivity contribution < 1.29 is 19.4 Å². The van der Waals surface area contributed by atoms with Crippen LogP contribution in [0.15, 0.2) is 41.9 Å². The molecule has 3 heterocycles. The summed E-state index contributed by atoms with van der Waals surface area (Å²) in [4.78, 5) is 20.9. The second-order valence-electron chi connectivity index (χ2n) is 7.53. The molecule has 32 heavy (non-hydrogen) atoms. The number of hydrogen-bond donors (Lipinski definition) is 1. The fourth-order valence-electron chi connectivity index (χ4n) is 4.09. The summed E-state index contributed by atoms with van der Waals surface area (Å²) in [7, 11) is 1.60. The van der Waals surface area contributed by atoms with E-state index in [1.54, 1.807) is 23.3 Å². The van der Waals surface area contributed by atoms with Crippen molar-refractivity contribution in [3.63, 3.8) is 0 Å². The summed E-state index contributed by atoms with van der Waals surface area (Å²) >= 11 is 1.59. The van der Waals surface area contributed by atoms with Gasteiger partial charge in [-0.1, -0.05) is 12.6 Å². The molecule has 7 nitrogen and oxygen atoms in total. The van der Waals surface area contributed by atoms with Crippen LogP contribution in [0.4, 0.5) is 0 Å². The molecule has 0 radical (unpaired) electrons. The van der Waals surface area contributed by atoms with Crippen LogP contribution in [0.1, 0.15) is 30.0 Å². The number of allylic oxidation sites excluding steroid dienone is 1. The topological polar surface area (TPSA) is 76.8 Å². The summed E-state index contributed by atoms with van der Waals surface area (Å²) in [6.45, 7) is 8.95. The van der Waals surface area contributed by atoms with Crippen LogP contribution in [0.25, 0.3) is 21.8 Å². The summed E-state index contributed by atoms with van der Waals surface area (Å²) in [5.74, 6) is 1.43. The molecule has 1 aliphatic rings. The quantitative estimate of drug-likeness (QED) is 0.553. The predicted molar refractivity (Wildman–Crippen MR) is 125 cm³/mol. The first-order valence-corrected chi connectivity index (χ1v) is 11.4. The van der Waals surface area contributed by atoms with E-state index in [0.717, 1.165) is 33.8 Å². The molecule has 3 aromatic rings. The highest BCUT2D eigenvalue weighted by molar-refractivity contribution is 7.13. The second kappa shape index (κ2) is 9.18. The normalized spacial score (nSPS) is 12.1. The molecule has 1 N–H and O–H groups in total. The van der Waals surface area contributed by atoms with Crippen LogP contribution >= 0.6 is 11.3 Å². The van der Waals surface area contributed by atoms with Gasteiger partial charge in [0.25, 0.3) is 5.91 Å². The number of aliphatic hydroxyl groups excluding tert-OH is 1. The molecule has 2 aromatic heterocycles. The first kappa shape index (κ1) is 22.1. The van der Waals surface area contributed by atoms with Gasteiger partial charge < -0.3 is 24.0 Å². The number of thiophene rings is 1. The molecule has 0 saturated carbocycles. The Bertz CT molecular complexity index is 1150. The highest BCUT2D eigenvalue weighted by atomic mass is 32.1. The Morgan fingerprint density at radius 3 is 2.81 bits per heavy atom. The number of amides is 1. The van der Waals surface area contributed by atoms with Gasteiger partial charge in [0, 0.05) is 24.4 Å². The average Bonchev–Trinajstić information content (AvgIpc) is 3.45. The number of imidazole rings is 1. The van der Waals surface area contributed by atoms with Gasteiger partial charge in [-0.25, -0.2) is 4.98 Å². The fourth-order valence-corrected chi connectivity index (χ4v) is 4.80. The Labute approximate surface area is 191 Å². The van der Waals surface area contributed by atoms with Gasteiger partial charge in [0.2, 0.25) is 5.82 Å². The maximum absolute atomic E-state index is 13.4. The number of fused-ring (bicyclic) bond motifs is 3. The summed E-state index contributed by atoms with van der Waals surface area (Å²) in [6, 6.07) is 7.90. The number of hydrogen-bond acceptors (Lipinski definition) is 6. The Kier molecular flexibility index (Phi) is 6.34. The Morgan fingerprint density at radius 1 is 1.38 bits per heavy atom. The maximum Gasteiger partial charge on any atom is 0.294 e. The number of aromatic nitrogens is 2. The van der Waals surface area contributed by atoms with Crippen molar-refractivity contribution in [2.75, 3.05) is 26.9 Å². The van der Waals surface area contributed by atoms with E-state index in [-0.39, 0.29) is 19.1 Å². The zero-order valence-corrected chi connectivity index (χ0v) is 19.4. The molecule has 0 bridgehead atoms. The monoisotopic (exact) mass is 453 g/mol. The first-order valence-electron chi connectivity index (χ1n) is 10.6. The van der Waals surface area contributed by atoms with Crippen molar-refractivity contribution in [3.8, 4) is 33.3 Å². The molecule has 0 aliphatic carbocycles. The minimum atomic E-state index is -0.155. The van der Waals surface area contributed by atoms with Crippen LogP contribution < -0.4 is 9.47 Å². The number of carbonyl (C=O) groups is 1. The molecule has 0 spiro atoms. The summed E-state index contributed by atoms with van der Waals surface area (Å²) in [5.41, 5.74) is 4.42. The van der Waals surface area contributed by atoms with E-state index in [0.29, 0.717) is 36.1 Å². The Hall–Kier alpha value is -3.10. The fraction of sp³-hybridized carbons (Fsp3) is 0.333. The lowest BCUT2D eigenvalue weighted by Gasteiger charge is -2.25. The Balaban J connectivity index is 1.93. The SMILES string of the molecule is C=C(C)N(CC)C(=O)c1nc(-c2cccs2)c2n1CCc1cc(OC)c(OCCO)cc1-2. The number of carbonyl (C=O) groups excluding carboxylic acids is 1. The Morgan fingerprint density at radius 2 is 2.19 bits per heavy atom. The number of benzene rings is 1. The molecule has 1 amide bonds. The number of nitrogens with zero attached hydrogens (tertiary/aromatic N) is 3. The third-order valence-electron chi connectivity index (χ3n) is 5.53. The summed E-state index contributed by atoms with van der Waals surface area (Å²) in [6.07, 6.45) is 0.735. The molecular weight excluding hydrogens is 426 g/mol. The molecule has 168 valence electrons. The number of ether oxygens (including phenoxy) is 2. The van der Waals surface area contributed by atoms with Crippen molar-refractivity contribution in [3.05, 3.63) is 53.3 Å². The van der Waals surface area contributed by atoms with Gasteiger partial charge >= 0.3 is 0 Å². The van der Waals surface area contributed by atoms with Crippen LogP contribution in [0.3, 0.4) is 0 Å². The minimum absolute atomic E-state index is 0.0922. The van der Waals surface area contributed by atoms with Crippen molar-refractivity contribution in [1.82, 2.24) is 14.5 Å². The predicted octanol–water partition coefficient (Wildman–Crippen LogP) is 4.21. The third-order valence-corrected chi connectivity index (χ3v) is 6.41. The summed E-state index contributed by atoms with van der Waals surface area (Å²) in [5, 5.41) is 11.2. The van der Waals surface area contributed by atoms with E-state index >= 15 is 0 Å². The average molecular weight is 454 g/mol. The van der Waals surface area contributed by atoms with Gasteiger partial charge in [0.1, 0.15) is 12.3 Å². The molecule has 8 heteroatoms. The molecule has 0 saturated heterocycles. The molecule has 4 rings (SSSR count). The smallest absolute Gasteiger partial charge is 0.294 e. The van der Waals surface area contributed by atoms with E-state index in [2.05, 4.69) is 6.58 Å². The molecule has 0 unspecified atom stereocenters. The lowest BCUT2D eigenvalue weighted by Crippen LogP contribution is -2.31. The van der Waals surface area contributed by atoms with E-state index in [9.17, 15) is 9.90 Å². The standard InChI is InChI=1S/C24H27N3O4S/c1-5-26(15(2)3)24(29)23-25-21(20-7-6-12-32-20)22-17-14-19(31-11-10-28)18(30-4)13-16(17)8-9-27(22)23/h6-7,12-14,28H,2,5,8-11H2,1,3-4H3. The van der Waals surface area contributed by atoms with Crippen LogP contribution in [0, 0.1) is 0 Å². The van der Waals surface area contributed by atoms with E-state index in [1.807, 2.05) is 48.1 Å². The van der Waals surface area contributed by atoms with Crippen molar-refractivity contribution in [1.29, 1.82) is 0 Å². The molecule has 1 aliphatic heterocycles. The number of aliphatic hydroxyl groups is 1. The molecule has 1 aromatic carbocycles. The van der Waals surface area contributed by atoms with E-state index in [4.69, 9.17) is 14.5 Å². The minimum Gasteiger partial charge on any atom is -0.493 e. The van der Waals surface area contributed by atoms with Gasteiger partial charge in [-0.2, -0.15) is 0 Å². The number of aryl methyl sites for hydroxylation is 1. The highest BCUT2D eigenvalue weighted by Crippen LogP contribution is 2.44. The van der Waals surface area contributed by atoms with E-state index < -0.39 is 0 Å². The van der Waals surface area contributed by atoms with Crippen LogP contribution in [-0.2, 0) is 13.0 Å². The zero-order valence-electron chi connectivity index (χ0n) is 18.6. The zero-order chi connectivity index (χ0) is 22.8. The van der Waals surface area contributed by atoms with Gasteiger partial charge in [-0.05, 0) is 49.4 Å². The third kappa shape index (κ3) is 3.80. The number of methoxy groups -OCH3 is 1. The summed E-state index contributed by atoms with van der Waals surface area (Å²) < 4.78 is 13.3. The lowest BCUT2D eigenvalue weighted by molar-refractivity contribution is 0.0797. The second-order valence-corrected chi connectivity index (χ2v) is 8.48. The maximum atomic E-state index is 13.4. The molecule has 0 fully saturated rings. The largest absolute Gasteiger partial charge is 0.493 e. The van der Waals surface area contributed by atoms with Crippen LogP contribution in [0.2, 0.25) is 0 Å². The first-order chi connectivity index (χ1) is 15.5. The van der Waals surface area contributed by atoms with Gasteiger partial charge in [-0.3, -0.25) is 4.79 Å². The van der Waals surface area contributed by atoms with E-state index in [1.165, 1.54) is 0 Å². The van der Waals surface area contributed by atoms with Crippen molar-refractivity contribution in [2.24, 2.45) is 0 Å². The van der Waals surface area contributed by atoms with Crippen molar-refractivity contribution >= 4 is 17.2 Å². The number of rotatable bonds is 8. The van der Waals surface area contributed by atoms with Crippen LogP contribution in [-0.4, -0.2) is 52.3 Å². The van der Waals surface area contributed by atoms with Gasteiger partial charge in [0.05, 0.1) is 24.3 Å². The van der Waals surface area contributed by atoms with Gasteiger partial charge in [-0.15, -0.1) is 11.3 Å². The van der Waals surface area contributed by atoms with Crippen molar-refractivity contribution in [2.45, 2.75) is 26.8 Å².